The summed E-state index contributed by atoms with van der Waals surface area (Å²) in [4.78, 5) is 35.9. The molecule has 0 spiro atoms. The van der Waals surface area contributed by atoms with E-state index in [2.05, 4.69) is 62.5 Å². The second kappa shape index (κ2) is 16.0. The van der Waals surface area contributed by atoms with Crippen LogP contribution in [0.15, 0.2) is 121 Å². The molecule has 2 aliphatic rings. The maximum Gasteiger partial charge on any atom is 0.254 e. The quantitative estimate of drug-likeness (QED) is 0.167. The summed E-state index contributed by atoms with van der Waals surface area (Å²) in [7, 11) is 0. The first-order valence-electron chi connectivity index (χ1n) is 17.9. The Morgan fingerprint density at radius 2 is 1.40 bits per heavy atom. The fraction of sp³-hybridized carbons (Fsp3) is 0.302. The van der Waals surface area contributed by atoms with Gasteiger partial charge in [-0.05, 0) is 77.0 Å². The lowest BCUT2D eigenvalue weighted by molar-refractivity contribution is -0.136. The first-order valence-corrected chi connectivity index (χ1v) is 18.3. The second-order valence-corrected chi connectivity index (χ2v) is 14.1. The number of hydrogen-bond acceptors (Lipinski definition) is 4. The van der Waals surface area contributed by atoms with Crippen molar-refractivity contribution < 1.29 is 9.59 Å². The van der Waals surface area contributed by atoms with E-state index in [1.165, 1.54) is 5.39 Å². The molecule has 2 saturated heterocycles. The van der Waals surface area contributed by atoms with Gasteiger partial charge in [0.25, 0.3) is 5.91 Å². The van der Waals surface area contributed by atoms with Crippen LogP contribution in [0.2, 0.25) is 5.02 Å². The highest BCUT2D eigenvalue weighted by Gasteiger charge is 2.39. The molecule has 0 aliphatic carbocycles. The molecule has 2 heterocycles. The average molecular weight is 685 g/mol. The number of carbonyl (C=O) groups is 2. The number of benzene rings is 5. The molecule has 2 fully saturated rings. The standard InChI is InChI=1S/C43H45ClN4O2/c44-37-20-18-35(19-21-37)40-14-6-7-15-41(40)43(50)48-31-39(28-32-9-2-1-3-10-32)47(30-38(48)13-8-24-46-25-22-45-23-26-46)42(49)29-33-16-17-34-11-4-5-12-36(34)27-33/h1-7,9-12,14-21,27,38-39,45H,8,13,22-26,28-31H2/t38-,39?/m0/s1. The number of rotatable bonds is 10. The molecule has 2 aliphatic heterocycles. The van der Waals surface area contributed by atoms with E-state index in [1.54, 1.807) is 0 Å². The van der Waals surface area contributed by atoms with E-state index < -0.39 is 0 Å². The number of nitrogens with one attached hydrogen (secondary N) is 1. The van der Waals surface area contributed by atoms with E-state index in [-0.39, 0.29) is 23.9 Å². The lowest BCUT2D eigenvalue weighted by Gasteiger charge is -2.47. The molecule has 1 N–H and O–H groups in total. The number of carbonyl (C=O) groups excluding carboxylic acids is 2. The first kappa shape index (κ1) is 34.0. The Labute approximate surface area is 300 Å². The van der Waals surface area contributed by atoms with E-state index in [4.69, 9.17) is 11.6 Å². The van der Waals surface area contributed by atoms with Gasteiger partial charge in [0.1, 0.15) is 0 Å². The Morgan fingerprint density at radius 1 is 0.700 bits per heavy atom. The summed E-state index contributed by atoms with van der Waals surface area (Å²) in [6.07, 6.45) is 2.80. The molecule has 7 rings (SSSR count). The summed E-state index contributed by atoms with van der Waals surface area (Å²) in [5.41, 5.74) is 4.70. The molecule has 5 aromatic carbocycles. The van der Waals surface area contributed by atoms with Crippen LogP contribution in [0.1, 0.15) is 34.3 Å². The summed E-state index contributed by atoms with van der Waals surface area (Å²) >= 11 is 6.23. The maximum absolute atomic E-state index is 14.8. The molecule has 6 nitrogen and oxygen atoms in total. The van der Waals surface area contributed by atoms with Gasteiger partial charge in [0.05, 0.1) is 12.5 Å². The van der Waals surface area contributed by atoms with E-state index in [9.17, 15) is 9.59 Å². The van der Waals surface area contributed by atoms with Crippen LogP contribution < -0.4 is 5.32 Å². The Morgan fingerprint density at radius 3 is 2.20 bits per heavy atom. The van der Waals surface area contributed by atoms with Gasteiger partial charge in [-0.15, -0.1) is 0 Å². The van der Waals surface area contributed by atoms with E-state index in [1.807, 2.05) is 78.9 Å². The number of amides is 2. The van der Waals surface area contributed by atoms with E-state index in [0.717, 1.165) is 73.2 Å². The van der Waals surface area contributed by atoms with Crippen molar-refractivity contribution in [3.05, 3.63) is 143 Å². The molecule has 0 bridgehead atoms. The SMILES string of the molecule is O=C(Cc1ccc2ccccc2c1)N1C[C@H](CCCN2CCNCC2)N(C(=O)c2ccccc2-c2ccc(Cl)cc2)CC1Cc1ccccc1. The summed E-state index contributed by atoms with van der Waals surface area (Å²) in [6.45, 7) is 6.07. The van der Waals surface area contributed by atoms with Crippen LogP contribution in [-0.4, -0.2) is 84.4 Å². The van der Waals surface area contributed by atoms with Gasteiger partial charge >= 0.3 is 0 Å². The van der Waals surface area contributed by atoms with Gasteiger partial charge in [-0.25, -0.2) is 0 Å². The summed E-state index contributed by atoms with van der Waals surface area (Å²) in [6, 6.07) is 40.2. The molecule has 0 saturated carbocycles. The highest BCUT2D eigenvalue weighted by atomic mass is 35.5. The van der Waals surface area contributed by atoms with E-state index in [0.29, 0.717) is 36.5 Å². The number of piperazine rings is 2. The smallest absolute Gasteiger partial charge is 0.254 e. The molecule has 5 aromatic rings. The van der Waals surface area contributed by atoms with Gasteiger partial charge in [-0.2, -0.15) is 0 Å². The predicted octanol–water partition coefficient (Wildman–Crippen LogP) is 7.35. The highest BCUT2D eigenvalue weighted by Crippen LogP contribution is 2.30. The number of fused-ring (bicyclic) bond motifs is 1. The van der Waals surface area contributed by atoms with Gasteiger partial charge in [-0.1, -0.05) is 115 Å². The zero-order chi connectivity index (χ0) is 34.3. The fourth-order valence-corrected chi connectivity index (χ4v) is 7.75. The topological polar surface area (TPSA) is 55.9 Å². The normalized spacial score (nSPS) is 18.3. The average Bonchev–Trinajstić information content (AvgIpc) is 3.16. The van der Waals surface area contributed by atoms with Crippen molar-refractivity contribution in [1.82, 2.24) is 20.0 Å². The maximum atomic E-state index is 14.8. The fourth-order valence-electron chi connectivity index (χ4n) is 7.63. The van der Waals surface area contributed by atoms with Crippen molar-refractivity contribution in [3.63, 3.8) is 0 Å². The van der Waals surface area contributed by atoms with Gasteiger partial charge < -0.3 is 20.0 Å². The number of halogens is 1. The molecule has 2 amide bonds. The van der Waals surface area contributed by atoms with Gasteiger partial charge in [0, 0.05) is 55.9 Å². The zero-order valence-corrected chi connectivity index (χ0v) is 29.3. The summed E-state index contributed by atoms with van der Waals surface area (Å²) in [5, 5.41) is 6.41. The third-order valence-electron chi connectivity index (χ3n) is 10.3. The lowest BCUT2D eigenvalue weighted by atomic mass is 9.93. The molecule has 1 unspecified atom stereocenters. The van der Waals surface area contributed by atoms with Crippen LogP contribution in [0.3, 0.4) is 0 Å². The van der Waals surface area contributed by atoms with Crippen molar-refractivity contribution in [2.24, 2.45) is 0 Å². The minimum absolute atomic E-state index is 0.0161. The highest BCUT2D eigenvalue weighted by molar-refractivity contribution is 6.30. The van der Waals surface area contributed by atoms with Crippen molar-refractivity contribution in [3.8, 4) is 11.1 Å². The van der Waals surface area contributed by atoms with Crippen molar-refractivity contribution >= 4 is 34.2 Å². The van der Waals surface area contributed by atoms with Crippen LogP contribution in [0.4, 0.5) is 0 Å². The third kappa shape index (κ3) is 8.10. The molecule has 0 aromatic heterocycles. The van der Waals surface area contributed by atoms with Gasteiger partial charge in [0.15, 0.2) is 0 Å². The molecule has 7 heteroatoms. The first-order chi connectivity index (χ1) is 24.5. The van der Waals surface area contributed by atoms with Crippen LogP contribution in [-0.2, 0) is 17.6 Å². The Bertz CT molecular complexity index is 1910. The van der Waals surface area contributed by atoms with Crippen LogP contribution in [0, 0.1) is 0 Å². The minimum Gasteiger partial charge on any atom is -0.335 e. The predicted molar refractivity (Wildman–Crippen MR) is 204 cm³/mol. The van der Waals surface area contributed by atoms with Crippen LogP contribution in [0.25, 0.3) is 21.9 Å². The van der Waals surface area contributed by atoms with Crippen molar-refractivity contribution in [2.75, 3.05) is 45.8 Å². The summed E-state index contributed by atoms with van der Waals surface area (Å²) in [5.74, 6) is 0.129. The minimum atomic E-state index is -0.151. The van der Waals surface area contributed by atoms with Crippen molar-refractivity contribution in [2.45, 2.75) is 37.8 Å². The Balaban J connectivity index is 1.20. The second-order valence-electron chi connectivity index (χ2n) is 13.6. The van der Waals surface area contributed by atoms with E-state index >= 15 is 0 Å². The molecular weight excluding hydrogens is 640 g/mol. The summed E-state index contributed by atoms with van der Waals surface area (Å²) < 4.78 is 0. The molecule has 2 atom stereocenters. The zero-order valence-electron chi connectivity index (χ0n) is 28.5. The van der Waals surface area contributed by atoms with Crippen LogP contribution >= 0.6 is 11.6 Å². The van der Waals surface area contributed by atoms with Gasteiger partial charge in [0.2, 0.25) is 5.91 Å². The number of nitrogens with zero attached hydrogens (tertiary/aromatic N) is 3. The molecule has 256 valence electrons. The van der Waals surface area contributed by atoms with Crippen molar-refractivity contribution in [1.29, 1.82) is 0 Å². The lowest BCUT2D eigenvalue weighted by Crippen LogP contribution is -2.62. The molecule has 0 radical (unpaired) electrons. The monoisotopic (exact) mass is 684 g/mol. The Kier molecular flexibility index (Phi) is 10.9. The largest absolute Gasteiger partial charge is 0.335 e. The molecule has 50 heavy (non-hydrogen) atoms. The Hall–Kier alpha value is -4.49. The number of hydrogen-bond donors (Lipinski definition) is 1. The third-order valence-corrected chi connectivity index (χ3v) is 10.5. The van der Waals surface area contributed by atoms with Gasteiger partial charge in [-0.3, -0.25) is 9.59 Å². The molecular formula is C43H45ClN4O2. The van der Waals surface area contributed by atoms with Crippen LogP contribution in [0.5, 0.6) is 0 Å².